The first-order valence-electron chi connectivity index (χ1n) is 6.55. The van der Waals surface area contributed by atoms with E-state index in [9.17, 15) is 0 Å². The van der Waals surface area contributed by atoms with Crippen molar-refractivity contribution in [3.8, 4) is 5.75 Å². The second-order valence-corrected chi connectivity index (χ2v) is 5.53. The molecule has 0 bridgehead atoms. The molecule has 1 nitrogen and oxygen atoms in total. The SMILES string of the molecule is CC1(C2CCCCC2)Cc2ccccc2O1. The Hall–Kier alpha value is -0.980. The number of hydrogen-bond acceptors (Lipinski definition) is 1. The molecule has 2 aliphatic rings. The molecule has 3 rings (SSSR count). The first-order chi connectivity index (χ1) is 7.78. The lowest BCUT2D eigenvalue weighted by atomic mass is 9.76. The van der Waals surface area contributed by atoms with Gasteiger partial charge in [0, 0.05) is 6.42 Å². The molecule has 1 aliphatic carbocycles. The molecule has 1 aromatic rings. The highest BCUT2D eigenvalue weighted by molar-refractivity contribution is 5.39. The van der Waals surface area contributed by atoms with Crippen molar-refractivity contribution in [2.75, 3.05) is 0 Å². The molecule has 86 valence electrons. The summed E-state index contributed by atoms with van der Waals surface area (Å²) in [6, 6.07) is 8.52. The maximum atomic E-state index is 6.23. The first kappa shape index (κ1) is 10.2. The molecular formula is C15H20O. The molecule has 1 unspecified atom stereocenters. The highest BCUT2D eigenvalue weighted by atomic mass is 16.5. The van der Waals surface area contributed by atoms with Gasteiger partial charge in [-0.2, -0.15) is 0 Å². The smallest absolute Gasteiger partial charge is 0.123 e. The summed E-state index contributed by atoms with van der Waals surface area (Å²) < 4.78 is 6.23. The van der Waals surface area contributed by atoms with Gasteiger partial charge in [0.15, 0.2) is 0 Å². The van der Waals surface area contributed by atoms with E-state index in [1.165, 1.54) is 37.7 Å². The van der Waals surface area contributed by atoms with Crippen LogP contribution >= 0.6 is 0 Å². The van der Waals surface area contributed by atoms with Crippen molar-refractivity contribution in [3.63, 3.8) is 0 Å². The Morgan fingerprint density at radius 1 is 1.12 bits per heavy atom. The minimum absolute atomic E-state index is 0.0735. The molecule has 1 aliphatic heterocycles. The summed E-state index contributed by atoms with van der Waals surface area (Å²) in [5.74, 6) is 1.88. The zero-order valence-electron chi connectivity index (χ0n) is 10.0. The second kappa shape index (κ2) is 3.80. The van der Waals surface area contributed by atoms with Crippen molar-refractivity contribution >= 4 is 0 Å². The maximum Gasteiger partial charge on any atom is 0.123 e. The number of para-hydroxylation sites is 1. The quantitative estimate of drug-likeness (QED) is 0.690. The van der Waals surface area contributed by atoms with Gasteiger partial charge >= 0.3 is 0 Å². The van der Waals surface area contributed by atoms with Crippen molar-refractivity contribution in [2.45, 2.75) is 51.0 Å². The standard InChI is InChI=1S/C15H20O/c1-15(13-8-3-2-4-9-13)11-12-7-5-6-10-14(12)16-15/h5-7,10,13H,2-4,8-9,11H2,1H3. The van der Waals surface area contributed by atoms with Crippen molar-refractivity contribution in [2.24, 2.45) is 5.92 Å². The average Bonchev–Trinajstić information content (AvgIpc) is 2.68. The summed E-state index contributed by atoms with van der Waals surface area (Å²) in [6.07, 6.45) is 8.00. The van der Waals surface area contributed by atoms with Gasteiger partial charge in [-0.05, 0) is 37.3 Å². The zero-order chi connectivity index (χ0) is 11.0. The lowest BCUT2D eigenvalue weighted by Crippen LogP contribution is -2.40. The predicted molar refractivity (Wildman–Crippen MR) is 65.8 cm³/mol. The van der Waals surface area contributed by atoms with Crippen LogP contribution in [0.25, 0.3) is 0 Å². The lowest BCUT2D eigenvalue weighted by Gasteiger charge is -2.36. The largest absolute Gasteiger partial charge is 0.487 e. The fraction of sp³-hybridized carbons (Fsp3) is 0.600. The van der Waals surface area contributed by atoms with Crippen LogP contribution in [0.4, 0.5) is 0 Å². The fourth-order valence-electron chi connectivity index (χ4n) is 3.36. The molecule has 1 atom stereocenters. The van der Waals surface area contributed by atoms with Crippen LogP contribution in [0.3, 0.4) is 0 Å². The van der Waals surface area contributed by atoms with Gasteiger partial charge < -0.3 is 4.74 Å². The van der Waals surface area contributed by atoms with Crippen LogP contribution in [0.1, 0.15) is 44.6 Å². The molecule has 1 fully saturated rings. The van der Waals surface area contributed by atoms with E-state index in [-0.39, 0.29) is 5.60 Å². The number of hydrogen-bond donors (Lipinski definition) is 0. The van der Waals surface area contributed by atoms with E-state index in [1.54, 1.807) is 0 Å². The van der Waals surface area contributed by atoms with E-state index in [4.69, 9.17) is 4.74 Å². The molecule has 0 spiro atoms. The van der Waals surface area contributed by atoms with Gasteiger partial charge in [-0.1, -0.05) is 37.5 Å². The topological polar surface area (TPSA) is 9.23 Å². The van der Waals surface area contributed by atoms with Crippen LogP contribution in [0, 0.1) is 5.92 Å². The van der Waals surface area contributed by atoms with Crippen LogP contribution in [0.15, 0.2) is 24.3 Å². The molecule has 16 heavy (non-hydrogen) atoms. The Kier molecular flexibility index (Phi) is 2.42. The third-order valence-corrected chi connectivity index (χ3v) is 4.33. The van der Waals surface area contributed by atoms with Crippen LogP contribution in [-0.4, -0.2) is 5.60 Å². The molecule has 1 saturated carbocycles. The van der Waals surface area contributed by atoms with Crippen LogP contribution < -0.4 is 4.74 Å². The number of ether oxygens (including phenoxy) is 1. The van der Waals surface area contributed by atoms with Gasteiger partial charge in [0.2, 0.25) is 0 Å². The molecule has 0 N–H and O–H groups in total. The van der Waals surface area contributed by atoms with E-state index in [0.717, 1.165) is 18.1 Å². The van der Waals surface area contributed by atoms with Gasteiger partial charge in [-0.25, -0.2) is 0 Å². The highest BCUT2D eigenvalue weighted by Gasteiger charge is 2.41. The predicted octanol–water partition coefficient (Wildman–Crippen LogP) is 3.96. The Bertz CT molecular complexity index is 352. The fourth-order valence-corrected chi connectivity index (χ4v) is 3.36. The third-order valence-electron chi connectivity index (χ3n) is 4.33. The molecule has 0 radical (unpaired) electrons. The first-order valence-corrected chi connectivity index (χ1v) is 6.55. The average molecular weight is 216 g/mol. The molecule has 0 aromatic heterocycles. The number of rotatable bonds is 1. The van der Waals surface area contributed by atoms with Crippen molar-refractivity contribution < 1.29 is 4.74 Å². The molecule has 1 heterocycles. The summed E-state index contributed by atoms with van der Waals surface area (Å²) in [6.45, 7) is 2.31. The summed E-state index contributed by atoms with van der Waals surface area (Å²) in [7, 11) is 0. The Balaban J connectivity index is 1.82. The van der Waals surface area contributed by atoms with Gasteiger partial charge in [0.25, 0.3) is 0 Å². The zero-order valence-corrected chi connectivity index (χ0v) is 10.0. The van der Waals surface area contributed by atoms with E-state index >= 15 is 0 Å². The van der Waals surface area contributed by atoms with E-state index in [2.05, 4.69) is 31.2 Å². The van der Waals surface area contributed by atoms with Crippen LogP contribution in [-0.2, 0) is 6.42 Å². The molecule has 1 heteroatoms. The van der Waals surface area contributed by atoms with E-state index in [1.807, 2.05) is 0 Å². The number of fused-ring (bicyclic) bond motifs is 1. The molecular weight excluding hydrogens is 196 g/mol. The van der Waals surface area contributed by atoms with Gasteiger partial charge in [-0.3, -0.25) is 0 Å². The maximum absolute atomic E-state index is 6.23. The minimum atomic E-state index is 0.0735. The number of benzene rings is 1. The van der Waals surface area contributed by atoms with Gasteiger partial charge in [0.05, 0.1) is 0 Å². The Labute approximate surface area is 97.8 Å². The summed E-state index contributed by atoms with van der Waals surface area (Å²) in [5.41, 5.74) is 1.47. The molecule has 0 saturated heterocycles. The monoisotopic (exact) mass is 216 g/mol. The summed E-state index contributed by atoms with van der Waals surface area (Å²) >= 11 is 0. The lowest BCUT2D eigenvalue weighted by molar-refractivity contribution is 0.0285. The van der Waals surface area contributed by atoms with Crippen molar-refractivity contribution in [1.29, 1.82) is 0 Å². The highest BCUT2D eigenvalue weighted by Crippen LogP contribution is 2.43. The van der Waals surface area contributed by atoms with Crippen LogP contribution in [0.5, 0.6) is 5.75 Å². The van der Waals surface area contributed by atoms with Gasteiger partial charge in [0.1, 0.15) is 11.4 Å². The third kappa shape index (κ3) is 1.63. The normalized spacial score (nSPS) is 29.8. The second-order valence-electron chi connectivity index (χ2n) is 5.53. The van der Waals surface area contributed by atoms with Crippen molar-refractivity contribution in [3.05, 3.63) is 29.8 Å². The molecule has 0 amide bonds. The summed E-state index contributed by atoms with van der Waals surface area (Å²) in [4.78, 5) is 0. The Morgan fingerprint density at radius 3 is 2.62 bits per heavy atom. The van der Waals surface area contributed by atoms with E-state index < -0.39 is 0 Å². The minimum Gasteiger partial charge on any atom is -0.487 e. The summed E-state index contributed by atoms with van der Waals surface area (Å²) in [5, 5.41) is 0. The van der Waals surface area contributed by atoms with E-state index in [0.29, 0.717) is 0 Å². The molecule has 1 aromatic carbocycles. The van der Waals surface area contributed by atoms with Crippen LogP contribution in [0.2, 0.25) is 0 Å². The Morgan fingerprint density at radius 2 is 1.88 bits per heavy atom. The van der Waals surface area contributed by atoms with Crippen molar-refractivity contribution in [1.82, 2.24) is 0 Å². The van der Waals surface area contributed by atoms with Gasteiger partial charge in [-0.15, -0.1) is 0 Å².